The Hall–Kier alpha value is -2.74. The Morgan fingerprint density at radius 2 is 2.12 bits per heavy atom. The van der Waals surface area contributed by atoms with E-state index in [1.54, 1.807) is 47.2 Å². The van der Waals surface area contributed by atoms with Crippen LogP contribution in [0, 0.1) is 6.92 Å². The highest BCUT2D eigenvalue weighted by Crippen LogP contribution is 2.27. The summed E-state index contributed by atoms with van der Waals surface area (Å²) in [5.41, 5.74) is 4.25. The Bertz CT molecular complexity index is 829. The summed E-state index contributed by atoms with van der Waals surface area (Å²) < 4.78 is 7.08. The van der Waals surface area contributed by atoms with Crippen LogP contribution in [0.4, 0.5) is 5.69 Å². The predicted molar refractivity (Wildman–Crippen MR) is 91.7 cm³/mol. The van der Waals surface area contributed by atoms with Gasteiger partial charge in [-0.2, -0.15) is 0 Å². The summed E-state index contributed by atoms with van der Waals surface area (Å²) in [6.45, 7) is 1.95. The topological polar surface area (TPSA) is 81.9 Å². The molecule has 0 spiro atoms. The summed E-state index contributed by atoms with van der Waals surface area (Å²) in [5, 5.41) is 10.5. The van der Waals surface area contributed by atoms with Crippen molar-refractivity contribution >= 4 is 22.9 Å². The number of hydrogen-bond donors (Lipinski definition) is 1. The van der Waals surface area contributed by atoms with Crippen LogP contribution < -0.4 is 10.1 Å². The van der Waals surface area contributed by atoms with E-state index in [9.17, 15) is 4.79 Å². The molecule has 0 aliphatic heterocycles. The number of ether oxygens (including phenoxy) is 1. The lowest BCUT2D eigenvalue weighted by molar-refractivity contribution is -0.116. The fourth-order valence-electron chi connectivity index (χ4n) is 2.29. The number of thiazole rings is 1. The van der Waals surface area contributed by atoms with E-state index in [0.29, 0.717) is 24.3 Å². The van der Waals surface area contributed by atoms with Gasteiger partial charge in [-0.3, -0.25) is 9.36 Å². The first kappa shape index (κ1) is 16.1. The smallest absolute Gasteiger partial charge is 0.224 e. The number of aryl methyl sites for hydroxylation is 2. The van der Waals surface area contributed by atoms with Crippen LogP contribution in [0.3, 0.4) is 0 Å². The minimum Gasteiger partial charge on any atom is -0.495 e. The number of aromatic nitrogens is 4. The van der Waals surface area contributed by atoms with Gasteiger partial charge in [0.25, 0.3) is 0 Å². The van der Waals surface area contributed by atoms with E-state index in [0.717, 1.165) is 16.3 Å². The van der Waals surface area contributed by atoms with Crippen molar-refractivity contribution in [1.29, 1.82) is 0 Å². The van der Waals surface area contributed by atoms with Gasteiger partial charge in [-0.25, -0.2) is 4.98 Å². The normalized spacial score (nSPS) is 10.6. The summed E-state index contributed by atoms with van der Waals surface area (Å²) in [4.78, 5) is 17.6. The van der Waals surface area contributed by atoms with Crippen molar-refractivity contribution in [1.82, 2.24) is 19.7 Å². The molecule has 1 aromatic carbocycles. The van der Waals surface area contributed by atoms with Crippen molar-refractivity contribution in [2.45, 2.75) is 19.8 Å². The van der Waals surface area contributed by atoms with Crippen molar-refractivity contribution in [3.05, 3.63) is 46.9 Å². The first-order valence-electron chi connectivity index (χ1n) is 7.39. The number of anilines is 1. The standard InChI is InChI=1S/C16H17N5O2S/c1-11-15(24-10-17-11)5-6-16(22)20-13-7-12(3-4-14(13)23-2)21-8-18-19-9-21/h3-4,7-10H,5-6H2,1-2H3,(H,20,22). The number of hydrogen-bond acceptors (Lipinski definition) is 6. The zero-order valence-corrected chi connectivity index (χ0v) is 14.2. The highest BCUT2D eigenvalue weighted by atomic mass is 32.1. The molecule has 3 rings (SSSR count). The summed E-state index contributed by atoms with van der Waals surface area (Å²) in [5.74, 6) is 0.538. The van der Waals surface area contributed by atoms with Crippen molar-refractivity contribution in [2.24, 2.45) is 0 Å². The Labute approximate surface area is 143 Å². The van der Waals surface area contributed by atoms with Crippen LogP contribution in [0.1, 0.15) is 17.0 Å². The minimum absolute atomic E-state index is 0.0676. The molecule has 0 aliphatic rings. The average Bonchev–Trinajstić information content (AvgIpc) is 3.24. The Kier molecular flexibility index (Phi) is 4.85. The zero-order valence-electron chi connectivity index (χ0n) is 13.4. The summed E-state index contributed by atoms with van der Waals surface area (Å²) in [6.07, 6.45) is 4.26. The molecule has 1 amide bonds. The predicted octanol–water partition coefficient (Wildman–Crippen LogP) is 2.61. The molecule has 0 bridgehead atoms. The minimum atomic E-state index is -0.0676. The maximum atomic E-state index is 12.3. The number of nitrogens with zero attached hydrogens (tertiary/aromatic N) is 4. The van der Waals surface area contributed by atoms with Crippen LogP contribution >= 0.6 is 11.3 Å². The number of carbonyl (C=O) groups excluding carboxylic acids is 1. The second-order valence-corrected chi connectivity index (χ2v) is 6.10. The van der Waals surface area contributed by atoms with Gasteiger partial charge < -0.3 is 10.1 Å². The highest BCUT2D eigenvalue weighted by Gasteiger charge is 2.11. The van der Waals surface area contributed by atoms with Gasteiger partial charge >= 0.3 is 0 Å². The van der Waals surface area contributed by atoms with Crippen LogP contribution in [0.25, 0.3) is 5.69 Å². The molecule has 7 nitrogen and oxygen atoms in total. The Morgan fingerprint density at radius 3 is 2.79 bits per heavy atom. The van der Waals surface area contributed by atoms with E-state index in [2.05, 4.69) is 20.5 Å². The second kappa shape index (κ2) is 7.22. The van der Waals surface area contributed by atoms with Gasteiger partial charge in [-0.15, -0.1) is 21.5 Å². The number of nitrogens with one attached hydrogen (secondary N) is 1. The number of benzene rings is 1. The molecule has 8 heteroatoms. The lowest BCUT2D eigenvalue weighted by atomic mass is 10.2. The third-order valence-electron chi connectivity index (χ3n) is 3.60. The Morgan fingerprint density at radius 1 is 1.33 bits per heavy atom. The zero-order chi connectivity index (χ0) is 16.9. The first-order valence-corrected chi connectivity index (χ1v) is 8.27. The third-order valence-corrected chi connectivity index (χ3v) is 4.59. The highest BCUT2D eigenvalue weighted by molar-refractivity contribution is 7.09. The van der Waals surface area contributed by atoms with Crippen LogP contribution in [0.5, 0.6) is 5.75 Å². The number of methoxy groups -OCH3 is 1. The van der Waals surface area contributed by atoms with Gasteiger partial charge in [0.2, 0.25) is 5.91 Å². The van der Waals surface area contributed by atoms with Gasteiger partial charge in [-0.05, 0) is 31.5 Å². The fraction of sp³-hybridized carbons (Fsp3) is 0.250. The largest absolute Gasteiger partial charge is 0.495 e. The van der Waals surface area contributed by atoms with Crippen molar-refractivity contribution < 1.29 is 9.53 Å². The van der Waals surface area contributed by atoms with Gasteiger partial charge in [0.1, 0.15) is 18.4 Å². The van der Waals surface area contributed by atoms with Gasteiger partial charge in [0.15, 0.2) is 0 Å². The van der Waals surface area contributed by atoms with E-state index >= 15 is 0 Å². The molecular weight excluding hydrogens is 326 g/mol. The van der Waals surface area contributed by atoms with Crippen LogP contribution in [-0.4, -0.2) is 32.8 Å². The monoisotopic (exact) mass is 343 g/mol. The molecule has 0 fully saturated rings. The Balaban J connectivity index is 1.72. The maximum absolute atomic E-state index is 12.3. The van der Waals surface area contributed by atoms with Gasteiger partial charge in [0, 0.05) is 11.3 Å². The van der Waals surface area contributed by atoms with E-state index in [4.69, 9.17) is 4.74 Å². The third kappa shape index (κ3) is 3.60. The summed E-state index contributed by atoms with van der Waals surface area (Å²) >= 11 is 1.57. The van der Waals surface area contributed by atoms with Crippen LogP contribution in [0.2, 0.25) is 0 Å². The molecule has 0 unspecified atom stereocenters. The second-order valence-electron chi connectivity index (χ2n) is 5.16. The molecule has 124 valence electrons. The van der Waals surface area contributed by atoms with Crippen LogP contribution in [0.15, 0.2) is 36.4 Å². The number of amides is 1. The number of rotatable bonds is 6. The van der Waals surface area contributed by atoms with Crippen LogP contribution in [-0.2, 0) is 11.2 Å². The molecular formula is C16H17N5O2S. The lowest BCUT2D eigenvalue weighted by Gasteiger charge is -2.12. The molecule has 0 aliphatic carbocycles. The van der Waals surface area contributed by atoms with E-state index < -0.39 is 0 Å². The fourth-order valence-corrected chi connectivity index (χ4v) is 3.08. The first-order chi connectivity index (χ1) is 11.7. The number of carbonyl (C=O) groups is 1. The lowest BCUT2D eigenvalue weighted by Crippen LogP contribution is -2.13. The molecule has 0 saturated heterocycles. The van der Waals surface area contributed by atoms with Crippen molar-refractivity contribution in [2.75, 3.05) is 12.4 Å². The molecule has 24 heavy (non-hydrogen) atoms. The van der Waals surface area contributed by atoms with Gasteiger partial charge in [-0.1, -0.05) is 0 Å². The van der Waals surface area contributed by atoms with E-state index in [-0.39, 0.29) is 5.91 Å². The average molecular weight is 343 g/mol. The van der Waals surface area contributed by atoms with Crippen molar-refractivity contribution in [3.8, 4) is 11.4 Å². The van der Waals surface area contributed by atoms with Gasteiger partial charge in [0.05, 0.1) is 29.7 Å². The SMILES string of the molecule is COc1ccc(-n2cnnc2)cc1NC(=O)CCc1scnc1C. The maximum Gasteiger partial charge on any atom is 0.224 e. The summed E-state index contributed by atoms with van der Waals surface area (Å²) in [6, 6.07) is 5.51. The molecule has 2 heterocycles. The quantitative estimate of drug-likeness (QED) is 0.744. The molecule has 0 atom stereocenters. The van der Waals surface area contributed by atoms with Crippen molar-refractivity contribution in [3.63, 3.8) is 0 Å². The van der Waals surface area contributed by atoms with E-state index in [1.807, 2.05) is 19.1 Å². The van der Waals surface area contributed by atoms with E-state index in [1.165, 1.54) is 0 Å². The molecule has 3 aromatic rings. The molecule has 2 aromatic heterocycles. The molecule has 1 N–H and O–H groups in total. The molecule has 0 radical (unpaired) electrons. The molecule has 0 saturated carbocycles. The summed E-state index contributed by atoms with van der Waals surface area (Å²) in [7, 11) is 1.57.